The van der Waals surface area contributed by atoms with Crippen LogP contribution in [0.25, 0.3) is 0 Å². The maximum Gasteiger partial charge on any atom is 0.230 e. The van der Waals surface area contributed by atoms with Crippen LogP contribution < -0.4 is 5.32 Å². The van der Waals surface area contributed by atoms with E-state index in [0.29, 0.717) is 11.6 Å². The number of amides is 1. The Morgan fingerprint density at radius 2 is 2.00 bits per heavy atom. The van der Waals surface area contributed by atoms with Gasteiger partial charge in [0, 0.05) is 16.1 Å². The number of nitrogens with one attached hydrogen (secondary N) is 2. The van der Waals surface area contributed by atoms with Crippen molar-refractivity contribution in [1.82, 2.24) is 15.2 Å². The molecule has 1 amide bonds. The number of aromatic amines is 1. The SMILES string of the molecule is Cc1nc(NC(=O)Cc2c(C)n[nH]c2C)sc1C. The van der Waals surface area contributed by atoms with Gasteiger partial charge in [-0.05, 0) is 27.7 Å². The summed E-state index contributed by atoms with van der Waals surface area (Å²) in [5, 5.41) is 10.4. The van der Waals surface area contributed by atoms with Crippen LogP contribution in [-0.4, -0.2) is 21.1 Å². The summed E-state index contributed by atoms with van der Waals surface area (Å²) < 4.78 is 0. The minimum absolute atomic E-state index is 0.0589. The molecule has 0 unspecified atom stereocenters. The van der Waals surface area contributed by atoms with Gasteiger partial charge < -0.3 is 5.32 Å². The lowest BCUT2D eigenvalue weighted by Crippen LogP contribution is -2.15. The zero-order valence-corrected chi connectivity index (χ0v) is 11.7. The van der Waals surface area contributed by atoms with Crippen molar-refractivity contribution < 1.29 is 4.79 Å². The van der Waals surface area contributed by atoms with Crippen molar-refractivity contribution in [3.8, 4) is 0 Å². The van der Waals surface area contributed by atoms with E-state index in [1.165, 1.54) is 11.3 Å². The highest BCUT2D eigenvalue weighted by Gasteiger charge is 2.13. The van der Waals surface area contributed by atoms with E-state index >= 15 is 0 Å². The maximum absolute atomic E-state index is 11.9. The van der Waals surface area contributed by atoms with E-state index in [0.717, 1.165) is 27.5 Å². The van der Waals surface area contributed by atoms with Gasteiger partial charge in [-0.2, -0.15) is 5.10 Å². The molecule has 2 aromatic rings. The van der Waals surface area contributed by atoms with Crippen LogP contribution in [0.5, 0.6) is 0 Å². The number of aromatic nitrogens is 3. The van der Waals surface area contributed by atoms with Crippen molar-refractivity contribution in [3.63, 3.8) is 0 Å². The van der Waals surface area contributed by atoms with Gasteiger partial charge in [0.2, 0.25) is 5.91 Å². The van der Waals surface area contributed by atoms with E-state index in [1.807, 2.05) is 27.7 Å². The lowest BCUT2D eigenvalue weighted by molar-refractivity contribution is -0.115. The summed E-state index contributed by atoms with van der Waals surface area (Å²) in [6.07, 6.45) is 0.325. The lowest BCUT2D eigenvalue weighted by Gasteiger charge is -2.01. The van der Waals surface area contributed by atoms with Crippen LogP contribution in [0.2, 0.25) is 0 Å². The summed E-state index contributed by atoms with van der Waals surface area (Å²) in [6, 6.07) is 0. The second kappa shape index (κ2) is 4.89. The first-order valence-corrected chi connectivity index (χ1v) is 6.53. The number of H-pyrrole nitrogens is 1. The Morgan fingerprint density at radius 3 is 2.50 bits per heavy atom. The lowest BCUT2D eigenvalue weighted by atomic mass is 10.1. The van der Waals surface area contributed by atoms with E-state index in [1.54, 1.807) is 0 Å². The van der Waals surface area contributed by atoms with Crippen molar-refractivity contribution in [2.24, 2.45) is 0 Å². The first-order chi connectivity index (χ1) is 8.47. The molecule has 0 aromatic carbocycles. The molecule has 0 saturated heterocycles. The smallest absolute Gasteiger partial charge is 0.230 e. The number of hydrogen-bond acceptors (Lipinski definition) is 4. The molecule has 96 valence electrons. The highest BCUT2D eigenvalue weighted by atomic mass is 32.1. The van der Waals surface area contributed by atoms with Crippen LogP contribution in [0.3, 0.4) is 0 Å². The normalized spacial score (nSPS) is 10.7. The molecule has 2 N–H and O–H groups in total. The third-order valence-electron chi connectivity index (χ3n) is 2.89. The van der Waals surface area contributed by atoms with Crippen molar-refractivity contribution in [2.45, 2.75) is 34.1 Å². The molecule has 2 heterocycles. The van der Waals surface area contributed by atoms with E-state index in [2.05, 4.69) is 20.5 Å². The highest BCUT2D eigenvalue weighted by Crippen LogP contribution is 2.21. The largest absolute Gasteiger partial charge is 0.302 e. The van der Waals surface area contributed by atoms with Crippen LogP contribution in [-0.2, 0) is 11.2 Å². The van der Waals surface area contributed by atoms with E-state index in [4.69, 9.17) is 0 Å². The molecule has 0 spiro atoms. The van der Waals surface area contributed by atoms with Crippen LogP contribution in [0, 0.1) is 27.7 Å². The molecule has 0 atom stereocenters. The van der Waals surface area contributed by atoms with Crippen molar-refractivity contribution in [1.29, 1.82) is 0 Å². The number of carbonyl (C=O) groups is 1. The molecule has 0 radical (unpaired) electrons. The van der Waals surface area contributed by atoms with Crippen LogP contribution >= 0.6 is 11.3 Å². The summed E-state index contributed by atoms with van der Waals surface area (Å²) in [6.45, 7) is 7.74. The van der Waals surface area contributed by atoms with Crippen LogP contribution in [0.1, 0.15) is 27.5 Å². The monoisotopic (exact) mass is 264 g/mol. The third-order valence-corrected chi connectivity index (χ3v) is 3.88. The summed E-state index contributed by atoms with van der Waals surface area (Å²) in [5.74, 6) is -0.0589. The number of thiazole rings is 1. The fourth-order valence-corrected chi connectivity index (χ4v) is 2.52. The zero-order valence-electron chi connectivity index (χ0n) is 10.9. The molecule has 5 nitrogen and oxygen atoms in total. The van der Waals surface area contributed by atoms with Gasteiger partial charge >= 0.3 is 0 Å². The van der Waals surface area contributed by atoms with Gasteiger partial charge in [-0.25, -0.2) is 4.98 Å². The average Bonchev–Trinajstić information content (AvgIpc) is 2.76. The summed E-state index contributed by atoms with van der Waals surface area (Å²) in [5.41, 5.74) is 3.73. The molecule has 0 saturated carbocycles. The van der Waals surface area contributed by atoms with Crippen LogP contribution in [0.15, 0.2) is 0 Å². The second-order valence-corrected chi connectivity index (χ2v) is 5.50. The zero-order chi connectivity index (χ0) is 13.3. The molecular formula is C12H16N4OS. The van der Waals surface area contributed by atoms with Gasteiger partial charge in [-0.1, -0.05) is 0 Å². The predicted octanol–water partition coefficient (Wildman–Crippen LogP) is 2.28. The van der Waals surface area contributed by atoms with Gasteiger partial charge in [0.1, 0.15) is 0 Å². The van der Waals surface area contributed by atoms with Crippen LogP contribution in [0.4, 0.5) is 5.13 Å². The summed E-state index contributed by atoms with van der Waals surface area (Å²) in [7, 11) is 0. The Kier molecular flexibility index (Phi) is 3.47. The number of anilines is 1. The predicted molar refractivity (Wildman–Crippen MR) is 72.0 cm³/mol. The van der Waals surface area contributed by atoms with Crippen molar-refractivity contribution in [2.75, 3.05) is 5.32 Å². The number of aryl methyl sites for hydroxylation is 4. The number of rotatable bonds is 3. The molecular weight excluding hydrogens is 248 g/mol. The maximum atomic E-state index is 11.9. The number of hydrogen-bond donors (Lipinski definition) is 2. The van der Waals surface area contributed by atoms with Gasteiger partial charge in [0.05, 0.1) is 17.8 Å². The molecule has 0 fully saturated rings. The van der Waals surface area contributed by atoms with Crippen molar-refractivity contribution >= 4 is 22.4 Å². The summed E-state index contributed by atoms with van der Waals surface area (Å²) >= 11 is 1.50. The average molecular weight is 264 g/mol. The standard InChI is InChI=1S/C12H16N4OS/c1-6-9(4)18-12(13-6)14-11(17)5-10-7(2)15-16-8(10)3/h5H2,1-4H3,(H,15,16)(H,13,14,17). The van der Waals surface area contributed by atoms with E-state index < -0.39 is 0 Å². The molecule has 2 rings (SSSR count). The minimum atomic E-state index is -0.0589. The van der Waals surface area contributed by atoms with E-state index in [9.17, 15) is 4.79 Å². The molecule has 0 aliphatic carbocycles. The Morgan fingerprint density at radius 1 is 1.28 bits per heavy atom. The van der Waals surface area contributed by atoms with Crippen molar-refractivity contribution in [3.05, 3.63) is 27.5 Å². The van der Waals surface area contributed by atoms with Gasteiger partial charge in [0.25, 0.3) is 0 Å². The Bertz CT molecular complexity index is 546. The fourth-order valence-electron chi connectivity index (χ4n) is 1.68. The van der Waals surface area contributed by atoms with E-state index in [-0.39, 0.29) is 5.91 Å². The highest BCUT2D eigenvalue weighted by molar-refractivity contribution is 7.15. The first kappa shape index (κ1) is 12.8. The fraction of sp³-hybridized carbons (Fsp3) is 0.417. The first-order valence-electron chi connectivity index (χ1n) is 5.71. The number of nitrogens with zero attached hydrogens (tertiary/aromatic N) is 2. The Labute approximate surface area is 110 Å². The van der Waals surface area contributed by atoms with Gasteiger partial charge in [-0.15, -0.1) is 11.3 Å². The number of carbonyl (C=O) groups excluding carboxylic acids is 1. The topological polar surface area (TPSA) is 70.7 Å². The second-order valence-electron chi connectivity index (χ2n) is 4.30. The van der Waals surface area contributed by atoms with Gasteiger partial charge in [-0.3, -0.25) is 9.89 Å². The molecule has 2 aromatic heterocycles. The molecule has 0 aliphatic heterocycles. The Hall–Kier alpha value is -1.69. The summed E-state index contributed by atoms with van der Waals surface area (Å²) in [4.78, 5) is 17.3. The van der Waals surface area contributed by atoms with Gasteiger partial charge in [0.15, 0.2) is 5.13 Å². The Balaban J connectivity index is 2.05. The third kappa shape index (κ3) is 2.59. The molecule has 0 bridgehead atoms. The molecule has 18 heavy (non-hydrogen) atoms. The quantitative estimate of drug-likeness (QED) is 0.893. The molecule has 6 heteroatoms. The molecule has 0 aliphatic rings. The minimum Gasteiger partial charge on any atom is -0.302 e.